The number of carboxylic acids is 2. The van der Waals surface area contributed by atoms with Crippen molar-refractivity contribution < 1.29 is 30.0 Å². The maximum Gasteiger partial charge on any atom is 0.339 e. The first kappa shape index (κ1) is 37.4. The molecule has 41 heavy (non-hydrogen) atoms. The second-order valence-electron chi connectivity index (χ2n) is 7.13. The molecule has 0 aromatic heterocycles. The van der Waals surface area contributed by atoms with E-state index in [4.69, 9.17) is 10.2 Å². The van der Waals surface area contributed by atoms with Gasteiger partial charge in [-0.3, -0.25) is 0 Å². The van der Waals surface area contributed by atoms with Gasteiger partial charge >= 0.3 is 5.97 Å². The second kappa shape index (κ2) is 23.2. The monoisotopic (exact) mass is 782 g/mol. The summed E-state index contributed by atoms with van der Waals surface area (Å²) in [5.74, 6) is -3.34. The molecule has 5 aromatic carbocycles. The Morgan fingerprint density at radius 1 is 0.634 bits per heavy atom. The SMILES string of the molecule is O=C(O)c1cc(Br)ccc1O.O=C([O-])c1cc(Br)ccc1[O-].[Sb].[c]1ccccc1.[c]1ccccc1.[c]1ccccc1. The van der Waals surface area contributed by atoms with E-state index in [9.17, 15) is 19.8 Å². The number of phenols is 1. The molecule has 0 amide bonds. The number of aromatic carboxylic acids is 2. The minimum absolute atomic E-state index is 0. The van der Waals surface area contributed by atoms with E-state index in [1.165, 1.54) is 30.3 Å². The van der Waals surface area contributed by atoms with Crippen LogP contribution in [0.2, 0.25) is 0 Å². The van der Waals surface area contributed by atoms with Gasteiger partial charge in [0, 0.05) is 33.4 Å². The van der Waals surface area contributed by atoms with Gasteiger partial charge in [-0.2, -0.15) is 0 Å². The van der Waals surface area contributed by atoms with E-state index in [1.807, 2.05) is 91.0 Å². The third-order valence-corrected chi connectivity index (χ3v) is 5.16. The van der Waals surface area contributed by atoms with Crippen molar-refractivity contribution in [1.29, 1.82) is 0 Å². The number of rotatable bonds is 2. The Bertz CT molecular complexity index is 1170. The molecule has 0 heterocycles. The topological polar surface area (TPSA) is 121 Å². The number of aromatic hydroxyl groups is 1. The van der Waals surface area contributed by atoms with E-state index in [0.717, 1.165) is 0 Å². The van der Waals surface area contributed by atoms with Gasteiger partial charge in [0.25, 0.3) is 0 Å². The zero-order chi connectivity index (χ0) is 29.6. The van der Waals surface area contributed by atoms with Crippen LogP contribution in [-0.2, 0) is 0 Å². The summed E-state index contributed by atoms with van der Waals surface area (Å²) in [7, 11) is 0. The Balaban J connectivity index is 0.000000499. The smallest absolute Gasteiger partial charge is 0.339 e. The van der Waals surface area contributed by atoms with Crippen LogP contribution in [-0.4, -0.2) is 46.6 Å². The molecular formula is C32H23Br2O6Sb-2. The van der Waals surface area contributed by atoms with E-state index < -0.39 is 17.7 Å². The van der Waals surface area contributed by atoms with E-state index in [0.29, 0.717) is 8.95 Å². The van der Waals surface area contributed by atoms with Crippen LogP contribution in [0.15, 0.2) is 136 Å². The molecule has 2 N–H and O–H groups in total. The molecule has 6 nitrogen and oxygen atoms in total. The van der Waals surface area contributed by atoms with Crippen LogP contribution in [0.3, 0.4) is 0 Å². The van der Waals surface area contributed by atoms with Crippen LogP contribution in [0.5, 0.6) is 11.5 Å². The summed E-state index contributed by atoms with van der Waals surface area (Å²) in [6.45, 7) is 0. The number of benzene rings is 5. The molecule has 0 saturated carbocycles. The van der Waals surface area contributed by atoms with Crippen molar-refractivity contribution in [1.82, 2.24) is 0 Å². The summed E-state index contributed by atoms with van der Waals surface area (Å²) in [6.07, 6.45) is 0. The van der Waals surface area contributed by atoms with Crippen molar-refractivity contribution in [2.75, 3.05) is 0 Å². The first-order valence-electron chi connectivity index (χ1n) is 11.3. The Kier molecular flexibility index (Phi) is 21.1. The first-order valence-corrected chi connectivity index (χ1v) is 12.9. The summed E-state index contributed by atoms with van der Waals surface area (Å²) in [5, 5.41) is 38.5. The van der Waals surface area contributed by atoms with Gasteiger partial charge in [0.2, 0.25) is 0 Å². The number of carbonyl (C=O) groups is 2. The zero-order valence-corrected chi connectivity index (χ0v) is 27.1. The molecule has 0 saturated heterocycles. The number of hydrogen-bond acceptors (Lipinski definition) is 5. The molecule has 0 aliphatic carbocycles. The van der Waals surface area contributed by atoms with Gasteiger partial charge in [-0.1, -0.05) is 135 Å². The van der Waals surface area contributed by atoms with Crippen molar-refractivity contribution in [2.24, 2.45) is 0 Å². The maximum absolute atomic E-state index is 10.8. The molecule has 5 rings (SSSR count). The fourth-order valence-electron chi connectivity index (χ4n) is 2.37. The number of carbonyl (C=O) groups excluding carboxylic acids is 1. The normalized spacial score (nSPS) is 8.63. The standard InChI is InChI=1S/2C7H5BrO3.3C6H5.Sb/c2*8-4-1-2-6(9)5(3-4)7(10)11;3*1-2-4-6-5-3-1;/h2*1-3,9H,(H,10,11);3*1-5H;/p-2. The molecular weight excluding hydrogens is 762 g/mol. The van der Waals surface area contributed by atoms with Gasteiger partial charge in [0.15, 0.2) is 0 Å². The fourth-order valence-corrected chi connectivity index (χ4v) is 3.09. The minimum Gasteiger partial charge on any atom is -0.872 e. The first-order chi connectivity index (χ1) is 19.2. The van der Waals surface area contributed by atoms with Crippen LogP contribution < -0.4 is 10.2 Å². The Labute approximate surface area is 273 Å². The van der Waals surface area contributed by atoms with Crippen molar-refractivity contribution in [3.63, 3.8) is 0 Å². The summed E-state index contributed by atoms with van der Waals surface area (Å²) in [5.41, 5.74) is -0.418. The van der Waals surface area contributed by atoms with E-state index in [2.05, 4.69) is 50.1 Å². The molecule has 0 unspecified atom stereocenters. The molecule has 0 atom stereocenters. The second-order valence-corrected chi connectivity index (χ2v) is 8.96. The van der Waals surface area contributed by atoms with Crippen LogP contribution in [0, 0.1) is 18.2 Å². The predicted molar refractivity (Wildman–Crippen MR) is 162 cm³/mol. The number of halogens is 2. The zero-order valence-electron chi connectivity index (χ0n) is 21.4. The van der Waals surface area contributed by atoms with Gasteiger partial charge in [-0.05, 0) is 54.1 Å². The van der Waals surface area contributed by atoms with E-state index in [-0.39, 0.29) is 41.3 Å². The molecule has 0 aliphatic heterocycles. The van der Waals surface area contributed by atoms with Gasteiger partial charge in [0.05, 0.1) is 5.97 Å². The predicted octanol–water partition coefficient (Wildman–Crippen LogP) is 5.82. The van der Waals surface area contributed by atoms with E-state index >= 15 is 0 Å². The quantitative estimate of drug-likeness (QED) is 0.218. The average molecular weight is 785 g/mol. The molecule has 0 spiro atoms. The summed E-state index contributed by atoms with van der Waals surface area (Å²) >= 11 is 6.12. The number of carboxylic acid groups (broad SMARTS) is 2. The third kappa shape index (κ3) is 18.4. The Morgan fingerprint density at radius 3 is 1.24 bits per heavy atom. The molecule has 5 aromatic rings. The van der Waals surface area contributed by atoms with E-state index in [1.54, 1.807) is 6.07 Å². The molecule has 208 valence electrons. The van der Waals surface area contributed by atoms with Crippen molar-refractivity contribution >= 4 is 68.2 Å². The van der Waals surface area contributed by atoms with Crippen LogP contribution in [0.1, 0.15) is 20.7 Å². The summed E-state index contributed by atoms with van der Waals surface area (Å²) in [4.78, 5) is 20.6. The van der Waals surface area contributed by atoms with Crippen molar-refractivity contribution in [2.45, 2.75) is 0 Å². The molecule has 0 fully saturated rings. The molecule has 6 radical (unpaired) electrons. The molecule has 0 bridgehead atoms. The van der Waals surface area contributed by atoms with Gasteiger partial charge in [-0.25, -0.2) is 4.79 Å². The van der Waals surface area contributed by atoms with Gasteiger partial charge < -0.3 is 25.2 Å². The van der Waals surface area contributed by atoms with Crippen LogP contribution >= 0.6 is 31.9 Å². The van der Waals surface area contributed by atoms with Gasteiger partial charge in [-0.15, -0.1) is 0 Å². The Hall–Kier alpha value is -3.58. The van der Waals surface area contributed by atoms with Crippen LogP contribution in [0.25, 0.3) is 0 Å². The van der Waals surface area contributed by atoms with Crippen molar-refractivity contribution in [3.8, 4) is 11.5 Å². The fraction of sp³-hybridized carbons (Fsp3) is 0. The minimum atomic E-state index is -1.45. The van der Waals surface area contributed by atoms with Crippen molar-refractivity contribution in [3.05, 3.63) is 166 Å². The number of hydrogen-bond donors (Lipinski definition) is 2. The largest absolute Gasteiger partial charge is 0.872 e. The average Bonchev–Trinajstić information content (AvgIpc) is 2.99. The summed E-state index contributed by atoms with van der Waals surface area (Å²) in [6, 6.07) is 45.6. The Morgan fingerprint density at radius 2 is 1.00 bits per heavy atom. The maximum atomic E-state index is 10.8. The van der Waals surface area contributed by atoms with Crippen LogP contribution in [0.4, 0.5) is 0 Å². The van der Waals surface area contributed by atoms with Gasteiger partial charge in [0.1, 0.15) is 11.3 Å². The molecule has 9 heteroatoms. The molecule has 0 aliphatic rings. The summed E-state index contributed by atoms with van der Waals surface area (Å²) < 4.78 is 1.18. The third-order valence-electron chi connectivity index (χ3n) is 4.17.